The van der Waals surface area contributed by atoms with Crippen molar-refractivity contribution in [3.05, 3.63) is 48.5 Å². The maximum atomic E-state index is 12.6. The van der Waals surface area contributed by atoms with Crippen molar-refractivity contribution in [1.29, 1.82) is 0 Å². The lowest BCUT2D eigenvalue weighted by molar-refractivity contribution is -0.116. The van der Waals surface area contributed by atoms with E-state index in [1.807, 2.05) is 0 Å². The normalized spacial score (nSPS) is 15.1. The van der Waals surface area contributed by atoms with Gasteiger partial charge in [-0.15, -0.1) is 0 Å². The van der Waals surface area contributed by atoms with E-state index in [9.17, 15) is 18.0 Å². The number of urea groups is 1. The van der Waals surface area contributed by atoms with Crippen molar-refractivity contribution in [3.8, 4) is 5.75 Å². The Morgan fingerprint density at radius 3 is 2.52 bits per heavy atom. The van der Waals surface area contributed by atoms with Crippen molar-refractivity contribution in [3.63, 3.8) is 0 Å². The molecule has 0 fully saturated rings. The van der Waals surface area contributed by atoms with Crippen molar-refractivity contribution in [1.82, 2.24) is 4.31 Å². The van der Waals surface area contributed by atoms with Crippen LogP contribution in [0.4, 0.5) is 16.2 Å². The summed E-state index contributed by atoms with van der Waals surface area (Å²) in [5.41, 5.74) is 0.653. The third kappa shape index (κ3) is 3.26. The standard InChI is InChI=1S/C16H15N3O5S/c1-24-12-8-6-11(7-9-12)17-15(20)10-19-16(21)18-13-4-2-3-5-14(13)25(19,22)23/h2-9H,10H2,1H3,(H,17,20)(H,18,21). The molecular formula is C16H15N3O5S. The van der Waals surface area contributed by atoms with Crippen molar-refractivity contribution in [2.45, 2.75) is 4.90 Å². The molecule has 0 atom stereocenters. The highest BCUT2D eigenvalue weighted by atomic mass is 32.2. The molecule has 0 aliphatic carbocycles. The van der Waals surface area contributed by atoms with Gasteiger partial charge < -0.3 is 15.4 Å². The number of hydrogen-bond donors (Lipinski definition) is 2. The summed E-state index contributed by atoms with van der Waals surface area (Å²) in [5.74, 6) is -0.0177. The van der Waals surface area contributed by atoms with Gasteiger partial charge in [-0.25, -0.2) is 17.5 Å². The Bertz CT molecular complexity index is 925. The summed E-state index contributed by atoms with van der Waals surface area (Å²) in [5, 5.41) is 5.00. The van der Waals surface area contributed by atoms with Crippen LogP contribution in [0.5, 0.6) is 5.75 Å². The summed E-state index contributed by atoms with van der Waals surface area (Å²) in [6.07, 6.45) is 0. The van der Waals surface area contributed by atoms with Gasteiger partial charge >= 0.3 is 6.03 Å². The minimum Gasteiger partial charge on any atom is -0.497 e. The highest BCUT2D eigenvalue weighted by molar-refractivity contribution is 7.90. The maximum Gasteiger partial charge on any atom is 0.336 e. The fraction of sp³-hybridized carbons (Fsp3) is 0.125. The number of methoxy groups -OCH3 is 1. The molecule has 0 bridgehead atoms. The Kier molecular flexibility index (Phi) is 4.32. The number of amides is 3. The molecule has 2 aromatic rings. The number of fused-ring (bicyclic) bond motifs is 1. The smallest absolute Gasteiger partial charge is 0.336 e. The van der Waals surface area contributed by atoms with Crippen molar-refractivity contribution in [2.24, 2.45) is 0 Å². The number of para-hydroxylation sites is 1. The van der Waals surface area contributed by atoms with E-state index in [1.54, 1.807) is 36.4 Å². The molecule has 3 rings (SSSR count). The summed E-state index contributed by atoms with van der Waals surface area (Å²) in [6, 6.07) is 11.7. The zero-order chi connectivity index (χ0) is 18.0. The Morgan fingerprint density at radius 2 is 1.84 bits per heavy atom. The van der Waals surface area contributed by atoms with Crippen LogP contribution in [0, 0.1) is 0 Å². The van der Waals surface area contributed by atoms with Crippen LogP contribution in [0.25, 0.3) is 0 Å². The van der Waals surface area contributed by atoms with E-state index in [2.05, 4.69) is 10.6 Å². The zero-order valence-electron chi connectivity index (χ0n) is 13.2. The SMILES string of the molecule is COc1ccc(NC(=O)CN2C(=O)Nc3ccccc3S2(=O)=O)cc1. The molecule has 1 aliphatic heterocycles. The molecule has 0 aromatic heterocycles. The van der Waals surface area contributed by atoms with Gasteiger partial charge in [-0.1, -0.05) is 12.1 Å². The Balaban J connectivity index is 1.77. The second-order valence-corrected chi connectivity index (χ2v) is 7.05. The maximum absolute atomic E-state index is 12.6. The number of rotatable bonds is 4. The molecule has 25 heavy (non-hydrogen) atoms. The summed E-state index contributed by atoms with van der Waals surface area (Å²) in [6.45, 7) is -0.630. The largest absolute Gasteiger partial charge is 0.497 e. The van der Waals surface area contributed by atoms with Gasteiger partial charge in [-0.3, -0.25) is 4.79 Å². The first-order valence-electron chi connectivity index (χ1n) is 7.28. The minimum absolute atomic E-state index is 0.0492. The summed E-state index contributed by atoms with van der Waals surface area (Å²) in [7, 11) is -2.57. The average molecular weight is 361 g/mol. The number of hydrogen-bond acceptors (Lipinski definition) is 5. The van der Waals surface area contributed by atoms with E-state index >= 15 is 0 Å². The number of carbonyl (C=O) groups is 2. The lowest BCUT2D eigenvalue weighted by Gasteiger charge is -2.28. The van der Waals surface area contributed by atoms with Crippen LogP contribution in [0.2, 0.25) is 0 Å². The predicted octanol–water partition coefficient (Wildman–Crippen LogP) is 1.87. The molecule has 3 amide bonds. The van der Waals surface area contributed by atoms with E-state index in [0.29, 0.717) is 15.7 Å². The summed E-state index contributed by atoms with van der Waals surface area (Å²) >= 11 is 0. The molecule has 9 heteroatoms. The van der Waals surface area contributed by atoms with Crippen LogP contribution in [0.3, 0.4) is 0 Å². The van der Waals surface area contributed by atoms with E-state index in [1.165, 1.54) is 19.2 Å². The van der Waals surface area contributed by atoms with Gasteiger partial charge in [0.05, 0.1) is 12.8 Å². The predicted molar refractivity (Wildman–Crippen MR) is 91.0 cm³/mol. The van der Waals surface area contributed by atoms with Gasteiger partial charge in [0.1, 0.15) is 17.2 Å². The lowest BCUT2D eigenvalue weighted by atomic mass is 10.3. The van der Waals surface area contributed by atoms with Crippen molar-refractivity contribution < 1.29 is 22.7 Å². The zero-order valence-corrected chi connectivity index (χ0v) is 14.0. The van der Waals surface area contributed by atoms with Gasteiger partial charge in [0.2, 0.25) is 5.91 Å². The molecule has 2 N–H and O–H groups in total. The highest BCUT2D eigenvalue weighted by Crippen LogP contribution is 2.29. The van der Waals surface area contributed by atoms with Crippen LogP contribution >= 0.6 is 0 Å². The number of nitrogens with zero attached hydrogens (tertiary/aromatic N) is 1. The quantitative estimate of drug-likeness (QED) is 0.865. The molecular weight excluding hydrogens is 346 g/mol. The molecule has 0 radical (unpaired) electrons. The molecule has 130 valence electrons. The Hall–Kier alpha value is -3.07. The second-order valence-electron chi connectivity index (χ2n) is 5.21. The van der Waals surface area contributed by atoms with Crippen LogP contribution < -0.4 is 15.4 Å². The van der Waals surface area contributed by atoms with E-state index < -0.39 is 28.5 Å². The van der Waals surface area contributed by atoms with E-state index in [4.69, 9.17) is 4.74 Å². The van der Waals surface area contributed by atoms with Gasteiger partial charge in [0, 0.05) is 5.69 Å². The molecule has 0 saturated heterocycles. The van der Waals surface area contributed by atoms with Crippen LogP contribution in [0.15, 0.2) is 53.4 Å². The van der Waals surface area contributed by atoms with Crippen molar-refractivity contribution >= 4 is 33.3 Å². The molecule has 1 heterocycles. The summed E-state index contributed by atoms with van der Waals surface area (Å²) in [4.78, 5) is 24.2. The number of benzene rings is 2. The first kappa shape index (κ1) is 16.8. The molecule has 0 unspecified atom stereocenters. The third-order valence-electron chi connectivity index (χ3n) is 3.58. The molecule has 2 aromatic carbocycles. The van der Waals surface area contributed by atoms with Crippen LogP contribution in [0.1, 0.15) is 0 Å². The number of ether oxygens (including phenoxy) is 1. The van der Waals surface area contributed by atoms with Crippen LogP contribution in [-0.4, -0.2) is 38.3 Å². The number of sulfonamides is 1. The molecule has 0 spiro atoms. The fourth-order valence-corrected chi connectivity index (χ4v) is 3.80. The number of carbonyl (C=O) groups excluding carboxylic acids is 2. The van der Waals surface area contributed by atoms with Crippen molar-refractivity contribution in [2.75, 3.05) is 24.3 Å². The minimum atomic E-state index is -4.09. The molecule has 0 saturated carbocycles. The first-order valence-corrected chi connectivity index (χ1v) is 8.72. The third-order valence-corrected chi connectivity index (χ3v) is 5.37. The topological polar surface area (TPSA) is 105 Å². The monoisotopic (exact) mass is 361 g/mol. The Morgan fingerprint density at radius 1 is 1.16 bits per heavy atom. The summed E-state index contributed by atoms with van der Waals surface area (Å²) < 4.78 is 30.6. The molecule has 1 aliphatic rings. The second kappa shape index (κ2) is 6.44. The van der Waals surface area contributed by atoms with Gasteiger partial charge in [-0.2, -0.15) is 0 Å². The Labute approximate surface area is 144 Å². The number of anilines is 2. The van der Waals surface area contributed by atoms with E-state index in [-0.39, 0.29) is 10.6 Å². The fourth-order valence-electron chi connectivity index (χ4n) is 2.36. The van der Waals surface area contributed by atoms with Gasteiger partial charge in [0.25, 0.3) is 10.0 Å². The number of nitrogens with one attached hydrogen (secondary N) is 2. The van der Waals surface area contributed by atoms with Crippen LogP contribution in [-0.2, 0) is 14.8 Å². The van der Waals surface area contributed by atoms with E-state index in [0.717, 1.165) is 0 Å². The lowest BCUT2D eigenvalue weighted by Crippen LogP contribution is -2.47. The van der Waals surface area contributed by atoms with Gasteiger partial charge in [0.15, 0.2) is 0 Å². The highest BCUT2D eigenvalue weighted by Gasteiger charge is 2.37. The average Bonchev–Trinajstić information content (AvgIpc) is 2.59. The molecule has 8 nitrogen and oxygen atoms in total. The first-order chi connectivity index (χ1) is 11.9. The van der Waals surface area contributed by atoms with Gasteiger partial charge in [-0.05, 0) is 36.4 Å².